The predicted octanol–water partition coefficient (Wildman–Crippen LogP) is 1.03. The van der Waals surface area contributed by atoms with Crippen molar-refractivity contribution in [2.75, 3.05) is 14.2 Å². The van der Waals surface area contributed by atoms with Crippen LogP contribution in [0.5, 0.6) is 0 Å². The van der Waals surface area contributed by atoms with Crippen molar-refractivity contribution in [2.24, 2.45) is 4.99 Å². The van der Waals surface area contributed by atoms with Crippen LogP contribution in [-0.2, 0) is 24.6 Å². The molecule has 0 N–H and O–H groups in total. The highest BCUT2D eigenvalue weighted by atomic mass is 16.9. The molecule has 1 fully saturated rings. The third-order valence-corrected chi connectivity index (χ3v) is 4.95. The largest absolute Gasteiger partial charge is 0.424 e. The number of nitrogens with zero attached hydrogens (tertiary/aromatic N) is 2. The number of aliphatic imine (C=N–C) groups is 1. The summed E-state index contributed by atoms with van der Waals surface area (Å²) < 4.78 is 17.0. The molecule has 0 saturated carbocycles. The van der Waals surface area contributed by atoms with Crippen molar-refractivity contribution in [1.82, 2.24) is 4.90 Å². The van der Waals surface area contributed by atoms with E-state index in [2.05, 4.69) is 4.99 Å². The van der Waals surface area contributed by atoms with E-state index in [1.54, 1.807) is 38.1 Å². The van der Waals surface area contributed by atoms with Crippen molar-refractivity contribution in [1.29, 1.82) is 0 Å². The van der Waals surface area contributed by atoms with Gasteiger partial charge in [0.05, 0.1) is 0 Å². The summed E-state index contributed by atoms with van der Waals surface area (Å²) >= 11 is 0. The van der Waals surface area contributed by atoms with Crippen molar-refractivity contribution >= 4 is 17.7 Å². The van der Waals surface area contributed by atoms with Gasteiger partial charge in [-0.15, -0.1) is 0 Å². The summed E-state index contributed by atoms with van der Waals surface area (Å²) in [7, 11) is 2.88. The molecule has 0 aliphatic carbocycles. The second kappa shape index (κ2) is 3.98. The summed E-state index contributed by atoms with van der Waals surface area (Å²) in [6.45, 7) is 3.42. The molecular formula is C16H16N2O5. The van der Waals surface area contributed by atoms with Gasteiger partial charge in [0.25, 0.3) is 11.8 Å². The van der Waals surface area contributed by atoms with E-state index in [0.717, 1.165) is 4.90 Å². The number of carbonyl (C=O) groups excluding carboxylic acids is 2. The number of hydrogen-bond acceptors (Lipinski definition) is 6. The van der Waals surface area contributed by atoms with Crippen LogP contribution in [0.2, 0.25) is 0 Å². The molecule has 4 rings (SSSR count). The minimum absolute atomic E-state index is 0.363. The number of hydrogen-bond donors (Lipinski definition) is 0. The van der Waals surface area contributed by atoms with Gasteiger partial charge in [-0.3, -0.25) is 19.2 Å². The number of imide groups is 1. The van der Waals surface area contributed by atoms with Gasteiger partial charge in [-0.25, -0.2) is 4.99 Å². The highest BCUT2D eigenvalue weighted by Crippen LogP contribution is 2.64. The van der Waals surface area contributed by atoms with Crippen molar-refractivity contribution in [2.45, 2.75) is 31.0 Å². The van der Waals surface area contributed by atoms with Crippen molar-refractivity contribution < 1.29 is 23.8 Å². The lowest BCUT2D eigenvalue weighted by molar-refractivity contribution is -0.485. The Hall–Kier alpha value is -2.25. The van der Waals surface area contributed by atoms with Crippen LogP contribution in [0.25, 0.3) is 0 Å². The van der Waals surface area contributed by atoms with Crippen LogP contribution in [0.1, 0.15) is 29.8 Å². The lowest BCUT2D eigenvalue weighted by atomic mass is 9.65. The Bertz CT molecular complexity index is 790. The Balaban J connectivity index is 2.01. The molecule has 3 aliphatic rings. The highest BCUT2D eigenvalue weighted by molar-refractivity contribution is 6.13. The van der Waals surface area contributed by atoms with Crippen LogP contribution < -0.4 is 0 Å². The van der Waals surface area contributed by atoms with Gasteiger partial charge >= 0.3 is 5.97 Å². The maximum Gasteiger partial charge on any atom is 0.359 e. The molecule has 7 nitrogen and oxygen atoms in total. The molecule has 7 heteroatoms. The number of fused-ring (bicyclic) bond motifs is 4. The zero-order valence-electron chi connectivity index (χ0n) is 13.2. The molecule has 2 amide bonds. The smallest absolute Gasteiger partial charge is 0.359 e. The molecule has 1 aromatic rings. The number of rotatable bonds is 1. The van der Waals surface area contributed by atoms with E-state index in [-0.39, 0.29) is 5.91 Å². The Kier molecular flexibility index (Phi) is 2.49. The van der Waals surface area contributed by atoms with E-state index in [9.17, 15) is 9.59 Å². The second-order valence-electron chi connectivity index (χ2n) is 6.06. The molecule has 0 bridgehead atoms. The van der Waals surface area contributed by atoms with E-state index >= 15 is 0 Å². The van der Waals surface area contributed by atoms with E-state index in [4.69, 9.17) is 14.2 Å². The van der Waals surface area contributed by atoms with Crippen LogP contribution in [0.4, 0.5) is 0 Å². The first-order chi connectivity index (χ1) is 10.8. The van der Waals surface area contributed by atoms with Gasteiger partial charge in [0.15, 0.2) is 11.4 Å². The summed E-state index contributed by atoms with van der Waals surface area (Å²) in [5.74, 6) is -1.92. The molecule has 120 valence electrons. The SMILES string of the molecule is CO[C@@]12OC(C)=N[C@]1(C)[C@@]1(O2)C(=O)N(C)C(=O)c2ccccc21. The molecule has 0 radical (unpaired) electrons. The minimum Gasteiger partial charge on any atom is -0.424 e. The Labute approximate surface area is 132 Å². The van der Waals surface area contributed by atoms with Crippen LogP contribution in [0, 0.1) is 0 Å². The number of amides is 2. The zero-order valence-corrected chi connectivity index (χ0v) is 13.2. The first-order valence-corrected chi connectivity index (χ1v) is 7.26. The number of methoxy groups -OCH3 is 1. The molecule has 3 atom stereocenters. The Morgan fingerprint density at radius 3 is 2.65 bits per heavy atom. The number of benzene rings is 1. The second-order valence-corrected chi connectivity index (χ2v) is 6.06. The molecule has 0 aromatic heterocycles. The lowest BCUT2D eigenvalue weighted by Crippen LogP contribution is -2.82. The average molecular weight is 316 g/mol. The highest BCUT2D eigenvalue weighted by Gasteiger charge is 2.85. The van der Waals surface area contributed by atoms with Gasteiger partial charge in [-0.05, 0) is 13.0 Å². The fourth-order valence-electron chi connectivity index (χ4n) is 3.82. The molecular weight excluding hydrogens is 300 g/mol. The van der Waals surface area contributed by atoms with E-state index in [0.29, 0.717) is 17.0 Å². The Morgan fingerprint density at radius 2 is 1.96 bits per heavy atom. The maximum atomic E-state index is 13.0. The van der Waals surface area contributed by atoms with Gasteiger partial charge in [-0.1, -0.05) is 18.2 Å². The van der Waals surface area contributed by atoms with Gasteiger partial charge in [0, 0.05) is 32.2 Å². The normalized spacial score (nSPS) is 37.9. The van der Waals surface area contributed by atoms with Gasteiger partial charge in [-0.2, -0.15) is 0 Å². The lowest BCUT2D eigenvalue weighted by Gasteiger charge is -2.61. The summed E-state index contributed by atoms with van der Waals surface area (Å²) in [5, 5.41) is 0. The predicted molar refractivity (Wildman–Crippen MR) is 78.6 cm³/mol. The molecule has 1 spiro atoms. The maximum absolute atomic E-state index is 13.0. The van der Waals surface area contributed by atoms with Gasteiger partial charge < -0.3 is 9.47 Å². The molecule has 3 heterocycles. The topological polar surface area (TPSA) is 77.4 Å². The minimum atomic E-state index is -1.46. The van der Waals surface area contributed by atoms with Crippen LogP contribution >= 0.6 is 0 Å². The summed E-state index contributed by atoms with van der Waals surface area (Å²) in [6, 6.07) is 6.90. The van der Waals surface area contributed by atoms with Crippen molar-refractivity contribution in [3.05, 3.63) is 35.4 Å². The summed E-state index contributed by atoms with van der Waals surface area (Å²) in [5.41, 5.74) is -1.66. The van der Waals surface area contributed by atoms with Crippen LogP contribution in [0.15, 0.2) is 29.3 Å². The van der Waals surface area contributed by atoms with Crippen molar-refractivity contribution in [3.63, 3.8) is 0 Å². The quantitative estimate of drug-likeness (QED) is 0.723. The number of carbonyl (C=O) groups is 2. The van der Waals surface area contributed by atoms with E-state index in [1.165, 1.54) is 14.2 Å². The van der Waals surface area contributed by atoms with Crippen molar-refractivity contribution in [3.8, 4) is 0 Å². The zero-order chi connectivity index (χ0) is 16.6. The number of ether oxygens (including phenoxy) is 3. The molecule has 23 heavy (non-hydrogen) atoms. The number of likely N-dealkylation sites (N-methyl/N-ethyl adjacent to an activating group) is 1. The third kappa shape index (κ3) is 1.28. The van der Waals surface area contributed by atoms with Crippen LogP contribution in [0.3, 0.4) is 0 Å². The first kappa shape index (κ1) is 14.3. The van der Waals surface area contributed by atoms with Gasteiger partial charge in [0.2, 0.25) is 5.60 Å². The monoisotopic (exact) mass is 316 g/mol. The third-order valence-electron chi connectivity index (χ3n) is 4.95. The average Bonchev–Trinajstić information content (AvgIpc) is 2.74. The van der Waals surface area contributed by atoms with Gasteiger partial charge in [0.1, 0.15) is 0 Å². The van der Waals surface area contributed by atoms with E-state index in [1.807, 2.05) is 0 Å². The van der Waals surface area contributed by atoms with E-state index < -0.39 is 23.0 Å². The molecule has 0 unspecified atom stereocenters. The Morgan fingerprint density at radius 1 is 1.26 bits per heavy atom. The molecule has 1 saturated heterocycles. The summed E-state index contributed by atoms with van der Waals surface area (Å²) in [6.07, 6.45) is 0. The fourth-order valence-corrected chi connectivity index (χ4v) is 3.82. The molecule has 3 aliphatic heterocycles. The summed E-state index contributed by atoms with van der Waals surface area (Å²) in [4.78, 5) is 31.0. The fraction of sp³-hybridized carbons (Fsp3) is 0.438. The first-order valence-electron chi connectivity index (χ1n) is 7.26. The van der Waals surface area contributed by atoms with Crippen LogP contribution in [-0.4, -0.2) is 48.3 Å². The molecule has 1 aromatic carbocycles. The standard InChI is InChI=1S/C16H16N2O5/c1-9-17-14(2)15(23-16(14,21-4)22-9)11-8-6-5-7-10(11)12(19)18(3)13(15)20/h5-8H,1-4H3/t14-,15+,16-/m1/s1.